The van der Waals surface area contributed by atoms with Crippen molar-refractivity contribution < 1.29 is 28.3 Å². The smallest absolute Gasteiger partial charge is 0.317 e. The summed E-state index contributed by atoms with van der Waals surface area (Å²) in [6.45, 7) is 1.78. The Bertz CT molecular complexity index is 902. The quantitative estimate of drug-likeness (QED) is 0.561. The number of hydrogen-bond donors (Lipinski definition) is 2. The Labute approximate surface area is 173 Å². The van der Waals surface area contributed by atoms with Crippen molar-refractivity contribution in [1.29, 1.82) is 0 Å². The van der Waals surface area contributed by atoms with Gasteiger partial charge in [0.2, 0.25) is 5.91 Å². The summed E-state index contributed by atoms with van der Waals surface area (Å²) in [6.07, 6.45) is 2.12. The van der Waals surface area contributed by atoms with E-state index in [1.807, 2.05) is 30.3 Å². The lowest BCUT2D eigenvalue weighted by Crippen LogP contribution is -2.50. The van der Waals surface area contributed by atoms with E-state index in [1.165, 1.54) is 19.3 Å². The molecule has 0 unspecified atom stereocenters. The second-order valence-corrected chi connectivity index (χ2v) is 7.01. The average Bonchev–Trinajstić information content (AvgIpc) is 3.31. The third-order valence-corrected chi connectivity index (χ3v) is 5.17. The molecule has 30 heavy (non-hydrogen) atoms. The van der Waals surface area contributed by atoms with Crippen LogP contribution in [0, 0.1) is 0 Å². The molecule has 2 aromatic rings. The maximum Gasteiger partial charge on any atom is 0.317 e. The summed E-state index contributed by atoms with van der Waals surface area (Å²) in [7, 11) is 0. The predicted octanol–water partition coefficient (Wildman–Crippen LogP) is 1.16. The van der Waals surface area contributed by atoms with Gasteiger partial charge in [0.25, 0.3) is 5.91 Å². The largest absolute Gasteiger partial charge is 0.459 e. The van der Waals surface area contributed by atoms with Crippen molar-refractivity contribution in [3.63, 3.8) is 0 Å². The Morgan fingerprint density at radius 3 is 2.33 bits per heavy atom. The molecule has 0 aliphatic carbocycles. The number of carbonyl (C=O) groups is 4. The molecule has 0 saturated carbocycles. The highest BCUT2D eigenvalue weighted by molar-refractivity contribution is 5.93. The summed E-state index contributed by atoms with van der Waals surface area (Å²) in [4.78, 5) is 50.1. The van der Waals surface area contributed by atoms with Crippen LogP contribution >= 0.6 is 0 Å². The number of ether oxygens (including phenoxy) is 1. The number of esters is 1. The lowest BCUT2D eigenvalue weighted by atomic mass is 9.72. The van der Waals surface area contributed by atoms with Crippen LogP contribution in [0.2, 0.25) is 0 Å². The van der Waals surface area contributed by atoms with E-state index in [9.17, 15) is 19.2 Å². The number of hydrogen-bond acceptors (Lipinski definition) is 6. The Hall–Kier alpha value is -3.62. The number of furan rings is 1. The van der Waals surface area contributed by atoms with Crippen LogP contribution in [0.3, 0.4) is 0 Å². The molecule has 3 amide bonds. The maximum atomic E-state index is 13.0. The van der Waals surface area contributed by atoms with E-state index in [4.69, 9.17) is 9.15 Å². The number of nitrogens with zero attached hydrogens (tertiary/aromatic N) is 1. The Balaban J connectivity index is 1.61. The molecule has 2 N–H and O–H groups in total. The van der Waals surface area contributed by atoms with Crippen molar-refractivity contribution in [1.82, 2.24) is 15.8 Å². The molecule has 0 bridgehead atoms. The van der Waals surface area contributed by atoms with E-state index in [0.29, 0.717) is 25.9 Å². The van der Waals surface area contributed by atoms with Gasteiger partial charge < -0.3 is 14.1 Å². The number of rotatable bonds is 5. The monoisotopic (exact) mass is 413 g/mol. The number of hydrazine groups is 1. The fourth-order valence-corrected chi connectivity index (χ4v) is 3.47. The van der Waals surface area contributed by atoms with Gasteiger partial charge in [0.1, 0.15) is 0 Å². The van der Waals surface area contributed by atoms with Crippen LogP contribution in [0.4, 0.5) is 0 Å². The van der Waals surface area contributed by atoms with Crippen molar-refractivity contribution >= 4 is 23.7 Å². The standard InChI is InChI=1S/C21H23N3O6/c1-15(25)24-11-9-21(10-12-24,16-6-3-2-4-7-16)20(28)30-14-18(26)22-23-19(27)17-8-5-13-29-17/h2-8,13H,9-12,14H2,1H3,(H,22,26)(H,23,27). The van der Waals surface area contributed by atoms with E-state index < -0.39 is 29.8 Å². The summed E-state index contributed by atoms with van der Waals surface area (Å²) < 4.78 is 10.2. The fraction of sp³-hybridized carbons (Fsp3) is 0.333. The molecular weight excluding hydrogens is 390 g/mol. The molecule has 9 nitrogen and oxygen atoms in total. The topological polar surface area (TPSA) is 118 Å². The molecule has 0 radical (unpaired) electrons. The number of amides is 3. The van der Waals surface area contributed by atoms with Crippen LogP contribution in [-0.4, -0.2) is 48.3 Å². The van der Waals surface area contributed by atoms with Crippen LogP contribution < -0.4 is 10.9 Å². The van der Waals surface area contributed by atoms with E-state index in [2.05, 4.69) is 10.9 Å². The molecule has 1 aromatic carbocycles. The molecule has 1 aliphatic rings. The van der Waals surface area contributed by atoms with Crippen molar-refractivity contribution in [2.45, 2.75) is 25.2 Å². The minimum atomic E-state index is -0.940. The highest BCUT2D eigenvalue weighted by atomic mass is 16.5. The summed E-state index contributed by atoms with van der Waals surface area (Å²) >= 11 is 0. The van der Waals surface area contributed by atoms with Crippen LogP contribution in [0.1, 0.15) is 35.9 Å². The zero-order chi connectivity index (χ0) is 21.6. The minimum Gasteiger partial charge on any atom is -0.459 e. The van der Waals surface area contributed by atoms with Crippen LogP contribution in [-0.2, 0) is 24.5 Å². The van der Waals surface area contributed by atoms with Gasteiger partial charge in [0.15, 0.2) is 12.4 Å². The van der Waals surface area contributed by atoms with Gasteiger partial charge in [-0.15, -0.1) is 0 Å². The van der Waals surface area contributed by atoms with Crippen molar-refractivity contribution in [3.05, 3.63) is 60.1 Å². The zero-order valence-electron chi connectivity index (χ0n) is 16.6. The lowest BCUT2D eigenvalue weighted by Gasteiger charge is -2.40. The van der Waals surface area contributed by atoms with E-state index in [-0.39, 0.29) is 11.7 Å². The summed E-state index contributed by atoms with van der Waals surface area (Å²) in [5.74, 6) is -1.86. The SMILES string of the molecule is CC(=O)N1CCC(C(=O)OCC(=O)NNC(=O)c2ccco2)(c2ccccc2)CC1. The molecule has 1 aromatic heterocycles. The third-order valence-electron chi connectivity index (χ3n) is 5.17. The summed E-state index contributed by atoms with van der Waals surface area (Å²) in [5, 5.41) is 0. The van der Waals surface area contributed by atoms with Gasteiger partial charge in [-0.3, -0.25) is 30.0 Å². The van der Waals surface area contributed by atoms with Crippen LogP contribution in [0.15, 0.2) is 53.1 Å². The molecule has 1 fully saturated rings. The third kappa shape index (κ3) is 4.68. The molecular formula is C21H23N3O6. The Kier molecular flexibility index (Phi) is 6.51. The van der Waals surface area contributed by atoms with Gasteiger partial charge in [-0.05, 0) is 30.5 Å². The maximum absolute atomic E-state index is 13.0. The van der Waals surface area contributed by atoms with Gasteiger partial charge in [0.05, 0.1) is 11.7 Å². The number of benzene rings is 1. The number of likely N-dealkylation sites (tertiary alicyclic amines) is 1. The van der Waals surface area contributed by atoms with Crippen molar-refractivity contribution in [2.75, 3.05) is 19.7 Å². The first-order valence-corrected chi connectivity index (χ1v) is 9.53. The first kappa shape index (κ1) is 21.1. The molecule has 1 saturated heterocycles. The summed E-state index contributed by atoms with van der Waals surface area (Å²) in [5.41, 5.74) is 4.20. The minimum absolute atomic E-state index is 0.0348. The van der Waals surface area contributed by atoms with Gasteiger partial charge in [0, 0.05) is 20.0 Å². The average molecular weight is 413 g/mol. The zero-order valence-corrected chi connectivity index (χ0v) is 16.6. The Morgan fingerprint density at radius 2 is 1.73 bits per heavy atom. The second kappa shape index (κ2) is 9.25. The molecule has 2 heterocycles. The summed E-state index contributed by atoms with van der Waals surface area (Å²) in [6, 6.07) is 12.2. The highest BCUT2D eigenvalue weighted by Crippen LogP contribution is 2.37. The lowest BCUT2D eigenvalue weighted by molar-refractivity contribution is -0.157. The molecule has 0 spiro atoms. The van der Waals surface area contributed by atoms with E-state index in [1.54, 1.807) is 11.0 Å². The van der Waals surface area contributed by atoms with Crippen LogP contribution in [0.25, 0.3) is 0 Å². The number of piperidine rings is 1. The van der Waals surface area contributed by atoms with E-state index >= 15 is 0 Å². The Morgan fingerprint density at radius 1 is 1.03 bits per heavy atom. The van der Waals surface area contributed by atoms with Crippen LogP contribution in [0.5, 0.6) is 0 Å². The molecule has 3 rings (SSSR count). The number of nitrogens with one attached hydrogen (secondary N) is 2. The first-order valence-electron chi connectivity index (χ1n) is 9.53. The highest BCUT2D eigenvalue weighted by Gasteiger charge is 2.44. The van der Waals surface area contributed by atoms with Crippen molar-refractivity contribution in [3.8, 4) is 0 Å². The van der Waals surface area contributed by atoms with Gasteiger partial charge in [-0.1, -0.05) is 30.3 Å². The molecule has 1 aliphatic heterocycles. The van der Waals surface area contributed by atoms with Gasteiger partial charge in [-0.25, -0.2) is 0 Å². The fourth-order valence-electron chi connectivity index (χ4n) is 3.47. The molecule has 9 heteroatoms. The van der Waals surface area contributed by atoms with Crippen molar-refractivity contribution in [2.24, 2.45) is 0 Å². The molecule has 0 atom stereocenters. The van der Waals surface area contributed by atoms with Gasteiger partial charge in [-0.2, -0.15) is 0 Å². The second-order valence-electron chi connectivity index (χ2n) is 7.01. The normalized spacial score (nSPS) is 15.2. The number of carbonyl (C=O) groups excluding carboxylic acids is 4. The predicted molar refractivity (Wildman–Crippen MR) is 105 cm³/mol. The van der Waals surface area contributed by atoms with E-state index in [0.717, 1.165) is 5.56 Å². The first-order chi connectivity index (χ1) is 14.4. The van der Waals surface area contributed by atoms with Gasteiger partial charge >= 0.3 is 11.9 Å². The molecule has 158 valence electrons.